The number of methoxy groups -OCH3 is 1. The fourth-order valence-electron chi connectivity index (χ4n) is 3.49. The van der Waals surface area contributed by atoms with Crippen molar-refractivity contribution < 1.29 is 9.13 Å². The first kappa shape index (κ1) is 18.2. The number of halogens is 1. The summed E-state index contributed by atoms with van der Waals surface area (Å²) in [5.74, 6) is 0.729. The summed E-state index contributed by atoms with van der Waals surface area (Å²) in [5.41, 5.74) is 1.41. The average Bonchev–Trinajstić information content (AvgIpc) is 3.23. The van der Waals surface area contributed by atoms with Gasteiger partial charge in [0, 0.05) is 10.9 Å². The van der Waals surface area contributed by atoms with Gasteiger partial charge in [0.15, 0.2) is 17.1 Å². The van der Waals surface area contributed by atoms with Gasteiger partial charge in [-0.15, -0.1) is 10.2 Å². The van der Waals surface area contributed by atoms with Crippen molar-refractivity contribution in [2.24, 2.45) is 0 Å². The molecule has 0 fully saturated rings. The Balaban J connectivity index is 1.64. The highest BCUT2D eigenvalue weighted by molar-refractivity contribution is 5.80. The lowest BCUT2D eigenvalue weighted by atomic mass is 9.95. The second-order valence-electron chi connectivity index (χ2n) is 7.16. The summed E-state index contributed by atoms with van der Waals surface area (Å²) >= 11 is 0. The van der Waals surface area contributed by atoms with E-state index in [1.54, 1.807) is 37.6 Å². The van der Waals surface area contributed by atoms with Gasteiger partial charge in [-0.05, 0) is 42.8 Å². The van der Waals surface area contributed by atoms with Crippen LogP contribution in [0.3, 0.4) is 0 Å². The third-order valence-electron chi connectivity index (χ3n) is 5.19. The minimum Gasteiger partial charge on any atom is -0.495 e. The van der Waals surface area contributed by atoms with Crippen LogP contribution in [-0.4, -0.2) is 31.9 Å². The maximum absolute atomic E-state index is 16.1. The quantitative estimate of drug-likeness (QED) is 0.443. The van der Waals surface area contributed by atoms with Crippen LogP contribution in [0.5, 0.6) is 5.75 Å². The molecule has 5 rings (SSSR count). The third kappa shape index (κ3) is 2.95. The van der Waals surface area contributed by atoms with Crippen molar-refractivity contribution in [1.82, 2.24) is 24.8 Å². The second-order valence-corrected chi connectivity index (χ2v) is 7.16. The molecule has 30 heavy (non-hydrogen) atoms. The second kappa shape index (κ2) is 6.88. The topological polar surface area (TPSA) is 65.2 Å². The van der Waals surface area contributed by atoms with Gasteiger partial charge in [0.25, 0.3) is 0 Å². The molecule has 0 aliphatic rings. The number of rotatable bonds is 4. The lowest BCUT2D eigenvalue weighted by Gasteiger charge is -2.19. The summed E-state index contributed by atoms with van der Waals surface area (Å²) in [4.78, 5) is 4.34. The molecule has 0 N–H and O–H groups in total. The van der Waals surface area contributed by atoms with Crippen LogP contribution in [0, 0.1) is 0 Å². The lowest BCUT2D eigenvalue weighted by molar-refractivity contribution is 0.232. The van der Waals surface area contributed by atoms with Gasteiger partial charge in [0.05, 0.1) is 24.5 Å². The van der Waals surface area contributed by atoms with E-state index in [-0.39, 0.29) is 5.82 Å². The summed E-state index contributed by atoms with van der Waals surface area (Å²) in [6, 6.07) is 20.4. The van der Waals surface area contributed by atoms with Gasteiger partial charge in [-0.1, -0.05) is 36.4 Å². The average molecular weight is 399 g/mol. The van der Waals surface area contributed by atoms with Gasteiger partial charge < -0.3 is 4.74 Å². The fourth-order valence-corrected chi connectivity index (χ4v) is 3.49. The molecule has 3 aromatic heterocycles. The van der Waals surface area contributed by atoms with Crippen LogP contribution in [-0.2, 0) is 5.67 Å². The van der Waals surface area contributed by atoms with E-state index in [2.05, 4.69) is 20.3 Å². The molecule has 148 valence electrons. The number of aromatic nitrogens is 5. The van der Waals surface area contributed by atoms with Crippen LogP contribution in [0.2, 0.25) is 0 Å². The lowest BCUT2D eigenvalue weighted by Crippen LogP contribution is -2.22. The molecule has 1 atom stereocenters. The van der Waals surface area contributed by atoms with Crippen LogP contribution in [0.25, 0.3) is 27.8 Å². The molecule has 0 saturated carbocycles. The number of fused-ring (bicyclic) bond motifs is 2. The van der Waals surface area contributed by atoms with Crippen molar-refractivity contribution in [2.45, 2.75) is 12.6 Å². The van der Waals surface area contributed by atoms with Crippen molar-refractivity contribution in [3.8, 4) is 17.0 Å². The van der Waals surface area contributed by atoms with E-state index in [0.29, 0.717) is 22.7 Å². The van der Waals surface area contributed by atoms with Crippen molar-refractivity contribution in [3.63, 3.8) is 0 Å². The van der Waals surface area contributed by atoms with Gasteiger partial charge in [-0.2, -0.15) is 9.61 Å². The van der Waals surface area contributed by atoms with Crippen LogP contribution in [0.4, 0.5) is 4.39 Å². The van der Waals surface area contributed by atoms with E-state index in [0.717, 1.165) is 16.5 Å². The van der Waals surface area contributed by atoms with Crippen molar-refractivity contribution in [1.29, 1.82) is 0 Å². The molecule has 0 aliphatic carbocycles. The maximum atomic E-state index is 16.1. The molecule has 1 unspecified atom stereocenters. The van der Waals surface area contributed by atoms with E-state index < -0.39 is 5.67 Å². The minimum absolute atomic E-state index is 0.116. The first-order valence-electron chi connectivity index (χ1n) is 9.48. The van der Waals surface area contributed by atoms with Crippen LogP contribution < -0.4 is 4.74 Å². The van der Waals surface area contributed by atoms with E-state index >= 15 is 4.39 Å². The Morgan fingerprint density at radius 3 is 2.60 bits per heavy atom. The normalized spacial score (nSPS) is 13.4. The number of pyridine rings is 1. The molecule has 0 aliphatic heterocycles. The van der Waals surface area contributed by atoms with Crippen LogP contribution >= 0.6 is 0 Å². The standard InChI is InChI=1S/C23H18FN5O/c1-23(24,17-8-9-19-16(12-17)13-18(30-2)14-25-19)22-27-26-21-11-10-20(28-29(21)22)15-6-4-3-5-7-15/h3-14H,1-2H3. The zero-order chi connectivity index (χ0) is 20.7. The Morgan fingerprint density at radius 1 is 0.967 bits per heavy atom. The maximum Gasteiger partial charge on any atom is 0.196 e. The predicted octanol–water partition coefficient (Wildman–Crippen LogP) is 4.58. The van der Waals surface area contributed by atoms with Crippen LogP contribution in [0.15, 0.2) is 72.9 Å². The van der Waals surface area contributed by atoms with E-state index in [1.807, 2.05) is 42.5 Å². The van der Waals surface area contributed by atoms with Gasteiger partial charge in [-0.25, -0.2) is 4.39 Å². The first-order chi connectivity index (χ1) is 14.6. The molecule has 0 amide bonds. The summed E-state index contributed by atoms with van der Waals surface area (Å²) in [7, 11) is 1.57. The summed E-state index contributed by atoms with van der Waals surface area (Å²) in [6.45, 7) is 1.47. The molecule has 2 aromatic carbocycles. The summed E-state index contributed by atoms with van der Waals surface area (Å²) in [5, 5.41) is 13.6. The molecule has 3 heterocycles. The van der Waals surface area contributed by atoms with Crippen LogP contribution in [0.1, 0.15) is 18.3 Å². The number of benzene rings is 2. The van der Waals surface area contributed by atoms with Crippen molar-refractivity contribution >= 4 is 16.6 Å². The molecule has 0 spiro atoms. The number of nitrogens with zero attached hydrogens (tertiary/aromatic N) is 5. The molecular formula is C23H18FN5O. The van der Waals surface area contributed by atoms with E-state index in [4.69, 9.17) is 4.74 Å². The van der Waals surface area contributed by atoms with Crippen molar-refractivity contribution in [2.75, 3.05) is 7.11 Å². The van der Waals surface area contributed by atoms with Gasteiger partial charge in [0.2, 0.25) is 0 Å². The number of ether oxygens (including phenoxy) is 1. The van der Waals surface area contributed by atoms with Gasteiger partial charge >= 0.3 is 0 Å². The molecule has 5 aromatic rings. The Morgan fingerprint density at radius 2 is 1.80 bits per heavy atom. The zero-order valence-corrected chi connectivity index (χ0v) is 16.5. The smallest absolute Gasteiger partial charge is 0.196 e. The number of hydrogen-bond donors (Lipinski definition) is 0. The minimum atomic E-state index is -1.92. The summed E-state index contributed by atoms with van der Waals surface area (Å²) < 4.78 is 22.9. The molecule has 7 heteroatoms. The van der Waals surface area contributed by atoms with Gasteiger partial charge in [-0.3, -0.25) is 4.98 Å². The van der Waals surface area contributed by atoms with Gasteiger partial charge in [0.1, 0.15) is 5.75 Å². The number of alkyl halides is 1. The monoisotopic (exact) mass is 399 g/mol. The molecule has 0 bridgehead atoms. The highest BCUT2D eigenvalue weighted by Gasteiger charge is 2.35. The Labute approximate surface area is 172 Å². The summed E-state index contributed by atoms with van der Waals surface area (Å²) in [6.07, 6.45) is 1.64. The zero-order valence-electron chi connectivity index (χ0n) is 16.5. The molecule has 6 nitrogen and oxygen atoms in total. The fraction of sp³-hybridized carbons (Fsp3) is 0.130. The highest BCUT2D eigenvalue weighted by Crippen LogP contribution is 2.34. The predicted molar refractivity (Wildman–Crippen MR) is 112 cm³/mol. The first-order valence-corrected chi connectivity index (χ1v) is 9.48. The number of hydrogen-bond acceptors (Lipinski definition) is 5. The highest BCUT2D eigenvalue weighted by atomic mass is 19.1. The molecule has 0 saturated heterocycles. The Hall–Kier alpha value is -3.87. The third-order valence-corrected chi connectivity index (χ3v) is 5.19. The molecular weight excluding hydrogens is 381 g/mol. The van der Waals surface area contributed by atoms with E-state index in [9.17, 15) is 0 Å². The van der Waals surface area contributed by atoms with E-state index in [1.165, 1.54) is 11.4 Å². The molecule has 0 radical (unpaired) electrons. The largest absolute Gasteiger partial charge is 0.495 e. The van der Waals surface area contributed by atoms with Crippen molar-refractivity contribution in [3.05, 3.63) is 84.3 Å². The Kier molecular flexibility index (Phi) is 4.17. The SMILES string of the molecule is COc1cnc2ccc(C(C)(F)c3nnc4ccc(-c5ccccc5)nn34)cc2c1. The Bertz CT molecular complexity index is 1360.